The van der Waals surface area contributed by atoms with Gasteiger partial charge in [-0.1, -0.05) is 152 Å². The first kappa shape index (κ1) is 29.9. The predicted octanol–water partition coefficient (Wildman–Crippen LogP) is 10.4. The number of hydrogen-bond acceptors (Lipinski definition) is 1. The summed E-state index contributed by atoms with van der Waals surface area (Å²) in [6.07, 6.45) is 21.1. The first-order valence-corrected chi connectivity index (χ1v) is 13.7. The van der Waals surface area contributed by atoms with E-state index in [0.717, 1.165) is 18.8 Å². The van der Waals surface area contributed by atoms with Gasteiger partial charge in [0.05, 0.1) is 6.61 Å². The Morgan fingerprint density at radius 2 is 1.24 bits per heavy atom. The van der Waals surface area contributed by atoms with E-state index in [0.29, 0.717) is 0 Å². The minimum absolute atomic E-state index is 0.729. The average molecular weight is 463 g/mol. The lowest BCUT2D eigenvalue weighted by atomic mass is 10.0. The van der Waals surface area contributed by atoms with Gasteiger partial charge in [-0.25, -0.2) is 0 Å². The second kappa shape index (κ2) is 21.4. The van der Waals surface area contributed by atoms with Crippen LogP contribution in [0, 0.1) is 0 Å². The standard InChI is InChI=1S/C17H26O.C16H24/c1-3-5-6-7-8-9-14-18-15-17-12-10-16(4-2)11-13-17;1-3-5-6-7-8-9-13-16-14-11-10-12-15(16)4-2/h4,10-13H,2-3,5-9,14-15H2,1H3;4,10-12,14H,2-3,5-9,13H2,1H3. The summed E-state index contributed by atoms with van der Waals surface area (Å²) in [5, 5.41) is 0. The molecule has 0 saturated carbocycles. The van der Waals surface area contributed by atoms with Crippen molar-refractivity contribution in [2.45, 2.75) is 104 Å². The average Bonchev–Trinajstić information content (AvgIpc) is 2.88. The monoisotopic (exact) mass is 462 g/mol. The molecule has 0 aliphatic heterocycles. The fraction of sp³-hybridized carbons (Fsp3) is 0.515. The van der Waals surface area contributed by atoms with E-state index in [2.05, 4.69) is 75.5 Å². The van der Waals surface area contributed by atoms with E-state index in [4.69, 9.17) is 4.74 Å². The van der Waals surface area contributed by atoms with Crippen LogP contribution < -0.4 is 0 Å². The molecule has 0 bridgehead atoms. The summed E-state index contributed by atoms with van der Waals surface area (Å²) in [6.45, 7) is 13.7. The van der Waals surface area contributed by atoms with Crippen molar-refractivity contribution >= 4 is 12.2 Å². The fourth-order valence-corrected chi connectivity index (χ4v) is 3.98. The van der Waals surface area contributed by atoms with E-state index >= 15 is 0 Å². The highest BCUT2D eigenvalue weighted by atomic mass is 16.5. The van der Waals surface area contributed by atoms with Gasteiger partial charge >= 0.3 is 0 Å². The maximum Gasteiger partial charge on any atom is 0.0716 e. The highest BCUT2D eigenvalue weighted by molar-refractivity contribution is 5.51. The van der Waals surface area contributed by atoms with Crippen LogP contribution in [0.5, 0.6) is 0 Å². The first-order valence-electron chi connectivity index (χ1n) is 13.7. The summed E-state index contributed by atoms with van der Waals surface area (Å²) >= 11 is 0. The van der Waals surface area contributed by atoms with Crippen LogP contribution in [-0.4, -0.2) is 6.61 Å². The normalized spacial score (nSPS) is 10.4. The van der Waals surface area contributed by atoms with Crippen molar-refractivity contribution in [1.29, 1.82) is 0 Å². The molecule has 188 valence electrons. The van der Waals surface area contributed by atoms with Crippen molar-refractivity contribution in [1.82, 2.24) is 0 Å². The molecule has 0 radical (unpaired) electrons. The highest BCUT2D eigenvalue weighted by Gasteiger charge is 1.98. The molecule has 0 saturated heterocycles. The van der Waals surface area contributed by atoms with Crippen LogP contribution >= 0.6 is 0 Å². The van der Waals surface area contributed by atoms with E-state index < -0.39 is 0 Å². The maximum atomic E-state index is 5.67. The number of aryl methyl sites for hydroxylation is 1. The molecule has 2 aromatic carbocycles. The Bertz CT molecular complexity index is 743. The molecule has 0 spiro atoms. The van der Waals surface area contributed by atoms with Gasteiger partial charge in [-0.15, -0.1) is 0 Å². The highest BCUT2D eigenvalue weighted by Crippen LogP contribution is 2.15. The third-order valence-electron chi connectivity index (χ3n) is 6.20. The van der Waals surface area contributed by atoms with Crippen molar-refractivity contribution < 1.29 is 4.74 Å². The maximum absolute atomic E-state index is 5.67. The van der Waals surface area contributed by atoms with Crippen LogP contribution in [0.1, 0.15) is 113 Å². The lowest BCUT2D eigenvalue weighted by molar-refractivity contribution is 0.116. The van der Waals surface area contributed by atoms with Crippen molar-refractivity contribution in [3.63, 3.8) is 0 Å². The van der Waals surface area contributed by atoms with Crippen molar-refractivity contribution in [3.05, 3.63) is 83.9 Å². The lowest BCUT2D eigenvalue weighted by Crippen LogP contribution is -1.95. The Labute approximate surface area is 211 Å². The van der Waals surface area contributed by atoms with E-state index in [-0.39, 0.29) is 0 Å². The molecule has 34 heavy (non-hydrogen) atoms. The summed E-state index contributed by atoms with van der Waals surface area (Å²) in [5.41, 5.74) is 5.16. The Hall–Kier alpha value is -2.12. The van der Waals surface area contributed by atoms with Crippen LogP contribution in [0.2, 0.25) is 0 Å². The van der Waals surface area contributed by atoms with Gasteiger partial charge in [-0.05, 0) is 41.5 Å². The second-order valence-corrected chi connectivity index (χ2v) is 9.19. The summed E-state index contributed by atoms with van der Waals surface area (Å²) in [5.74, 6) is 0. The molecule has 0 aliphatic carbocycles. The number of unbranched alkanes of at least 4 members (excludes halogenated alkanes) is 10. The third kappa shape index (κ3) is 14.9. The minimum Gasteiger partial charge on any atom is -0.377 e. The first-order chi connectivity index (χ1) is 16.7. The van der Waals surface area contributed by atoms with Crippen molar-refractivity contribution in [2.75, 3.05) is 6.61 Å². The quantitative estimate of drug-likeness (QED) is 0.200. The molecule has 0 aliphatic rings. The molecule has 2 aromatic rings. The van der Waals surface area contributed by atoms with Gasteiger partial charge in [0.15, 0.2) is 0 Å². The predicted molar refractivity (Wildman–Crippen MR) is 153 cm³/mol. The molecular formula is C33H50O. The van der Waals surface area contributed by atoms with Crippen LogP contribution in [0.4, 0.5) is 0 Å². The zero-order chi connectivity index (χ0) is 24.7. The Kier molecular flexibility index (Phi) is 18.8. The van der Waals surface area contributed by atoms with E-state index in [1.54, 1.807) is 0 Å². The Balaban J connectivity index is 0.000000342. The molecule has 1 nitrogen and oxygen atoms in total. The van der Waals surface area contributed by atoms with Gasteiger partial charge < -0.3 is 4.74 Å². The van der Waals surface area contributed by atoms with Crippen LogP contribution in [0.15, 0.2) is 61.7 Å². The molecule has 0 N–H and O–H groups in total. The molecule has 0 heterocycles. The molecule has 2 rings (SSSR count). The zero-order valence-electron chi connectivity index (χ0n) is 22.2. The largest absolute Gasteiger partial charge is 0.377 e. The van der Waals surface area contributed by atoms with Gasteiger partial charge in [-0.3, -0.25) is 0 Å². The minimum atomic E-state index is 0.729. The third-order valence-corrected chi connectivity index (χ3v) is 6.20. The van der Waals surface area contributed by atoms with Crippen LogP contribution in [-0.2, 0) is 17.8 Å². The molecule has 0 amide bonds. The molecule has 0 aromatic heterocycles. The Morgan fingerprint density at radius 1 is 0.647 bits per heavy atom. The second-order valence-electron chi connectivity index (χ2n) is 9.19. The lowest BCUT2D eigenvalue weighted by Gasteiger charge is -2.05. The SMILES string of the molecule is C=Cc1ccc(COCCCCCCCC)cc1.C=Cc1ccccc1CCCCCCCC. The van der Waals surface area contributed by atoms with Gasteiger partial charge in [-0.2, -0.15) is 0 Å². The fourth-order valence-electron chi connectivity index (χ4n) is 3.98. The number of hydrogen-bond donors (Lipinski definition) is 0. The van der Waals surface area contributed by atoms with E-state index in [9.17, 15) is 0 Å². The molecular weight excluding hydrogens is 412 g/mol. The zero-order valence-corrected chi connectivity index (χ0v) is 22.2. The van der Waals surface area contributed by atoms with Gasteiger partial charge in [0.2, 0.25) is 0 Å². The van der Waals surface area contributed by atoms with Gasteiger partial charge in [0.25, 0.3) is 0 Å². The van der Waals surface area contributed by atoms with Crippen molar-refractivity contribution in [3.8, 4) is 0 Å². The topological polar surface area (TPSA) is 9.23 Å². The van der Waals surface area contributed by atoms with Crippen LogP contribution in [0.25, 0.3) is 12.2 Å². The summed E-state index contributed by atoms with van der Waals surface area (Å²) in [7, 11) is 0. The van der Waals surface area contributed by atoms with Crippen molar-refractivity contribution in [2.24, 2.45) is 0 Å². The Morgan fingerprint density at radius 3 is 1.85 bits per heavy atom. The molecule has 1 heteroatoms. The van der Waals surface area contributed by atoms with Gasteiger partial charge in [0, 0.05) is 6.61 Å². The van der Waals surface area contributed by atoms with E-state index in [1.807, 2.05) is 12.2 Å². The smallest absolute Gasteiger partial charge is 0.0716 e. The molecule has 0 unspecified atom stereocenters. The number of ether oxygens (including phenoxy) is 1. The number of rotatable bonds is 18. The van der Waals surface area contributed by atoms with Crippen LogP contribution in [0.3, 0.4) is 0 Å². The van der Waals surface area contributed by atoms with E-state index in [1.165, 1.54) is 100 Å². The summed E-state index contributed by atoms with van der Waals surface area (Å²) < 4.78 is 5.67. The molecule has 0 atom stereocenters. The summed E-state index contributed by atoms with van der Waals surface area (Å²) in [4.78, 5) is 0. The number of benzene rings is 2. The summed E-state index contributed by atoms with van der Waals surface area (Å²) in [6, 6.07) is 17.0. The molecule has 0 fully saturated rings. The van der Waals surface area contributed by atoms with Gasteiger partial charge in [0.1, 0.15) is 0 Å².